The Kier molecular flexibility index (Phi) is 7.32. The molecule has 0 fully saturated rings. The number of para-hydroxylation sites is 3. The van der Waals surface area contributed by atoms with Crippen LogP contribution in [-0.4, -0.2) is 19.1 Å². The van der Waals surface area contributed by atoms with Crippen molar-refractivity contribution in [2.45, 2.75) is 6.92 Å². The van der Waals surface area contributed by atoms with Crippen molar-refractivity contribution in [1.82, 2.24) is 19.1 Å². The molecule has 264 valence electrons. The number of hydrogen-bond donors (Lipinski definition) is 0. The summed E-state index contributed by atoms with van der Waals surface area (Å²) in [5.41, 5.74) is 12.1. The van der Waals surface area contributed by atoms with Crippen molar-refractivity contribution in [2.24, 2.45) is 0 Å². The monoisotopic (exact) mass is 717 g/mol. The van der Waals surface area contributed by atoms with Crippen LogP contribution in [-0.2, 0) is 0 Å². The second-order valence-electron chi connectivity index (χ2n) is 14.4. The lowest BCUT2D eigenvalue weighted by atomic mass is 10.0. The number of fused-ring (bicyclic) bond motifs is 8. The Morgan fingerprint density at radius 1 is 0.429 bits per heavy atom. The van der Waals surface area contributed by atoms with E-state index in [4.69, 9.17) is 9.97 Å². The molecule has 0 saturated heterocycles. The van der Waals surface area contributed by atoms with Crippen LogP contribution in [0.15, 0.2) is 194 Å². The van der Waals surface area contributed by atoms with E-state index in [1.54, 1.807) is 0 Å². The van der Waals surface area contributed by atoms with Gasteiger partial charge in [-0.25, -0.2) is 4.98 Å². The van der Waals surface area contributed by atoms with E-state index in [2.05, 4.69) is 197 Å². The summed E-state index contributed by atoms with van der Waals surface area (Å²) in [6.07, 6.45) is 3.79. The summed E-state index contributed by atoms with van der Waals surface area (Å²) in [6.45, 7) is 2.17. The summed E-state index contributed by atoms with van der Waals surface area (Å²) in [7, 11) is 0. The molecule has 5 nitrogen and oxygen atoms in total. The van der Waals surface area contributed by atoms with E-state index >= 15 is 0 Å². The van der Waals surface area contributed by atoms with Crippen LogP contribution >= 0.6 is 0 Å². The fourth-order valence-electron chi connectivity index (χ4n) is 8.68. The predicted octanol–water partition coefficient (Wildman–Crippen LogP) is 13.3. The first-order valence-electron chi connectivity index (χ1n) is 19.0. The zero-order valence-electron chi connectivity index (χ0n) is 30.7. The number of aryl methyl sites for hydroxylation is 1. The maximum absolute atomic E-state index is 4.93. The third-order valence-corrected chi connectivity index (χ3v) is 11.0. The summed E-state index contributed by atoms with van der Waals surface area (Å²) in [5, 5.41) is 7.16. The molecule has 11 aromatic rings. The SMILES string of the molecule is Cc1cc(-c2nccc3ccccc23)cc(N(c2ccccc2)c2ccc3c4c5c6ccccc6n(-c6ccccc6)c5ccc4n(-c4ccccn4)c3c2)c1. The van der Waals surface area contributed by atoms with Gasteiger partial charge in [-0.3, -0.25) is 9.55 Å². The number of aromatic nitrogens is 4. The molecule has 0 saturated carbocycles. The Labute approximate surface area is 324 Å². The molecule has 11 rings (SSSR count). The minimum absolute atomic E-state index is 0.877. The Balaban J connectivity index is 1.20. The van der Waals surface area contributed by atoms with Crippen LogP contribution in [0.5, 0.6) is 0 Å². The van der Waals surface area contributed by atoms with E-state index in [1.807, 2.05) is 18.5 Å². The lowest BCUT2D eigenvalue weighted by Gasteiger charge is -2.27. The van der Waals surface area contributed by atoms with Crippen molar-refractivity contribution in [1.29, 1.82) is 0 Å². The first-order valence-corrected chi connectivity index (χ1v) is 19.0. The van der Waals surface area contributed by atoms with Crippen molar-refractivity contribution in [2.75, 3.05) is 4.90 Å². The molecule has 0 spiro atoms. The van der Waals surface area contributed by atoms with Gasteiger partial charge in [0.1, 0.15) is 5.82 Å². The van der Waals surface area contributed by atoms with Gasteiger partial charge in [-0.15, -0.1) is 0 Å². The van der Waals surface area contributed by atoms with Gasteiger partial charge in [-0.1, -0.05) is 91.0 Å². The summed E-state index contributed by atoms with van der Waals surface area (Å²) in [6, 6.07) is 65.0. The normalized spacial score (nSPS) is 11.7. The first-order chi connectivity index (χ1) is 27.7. The fourth-order valence-corrected chi connectivity index (χ4v) is 8.68. The topological polar surface area (TPSA) is 38.9 Å². The average Bonchev–Trinajstić information content (AvgIpc) is 3.77. The van der Waals surface area contributed by atoms with Gasteiger partial charge < -0.3 is 9.47 Å². The van der Waals surface area contributed by atoms with E-state index in [9.17, 15) is 0 Å². The minimum atomic E-state index is 0.877. The average molecular weight is 718 g/mol. The third kappa shape index (κ3) is 5.02. The number of benzene rings is 7. The Morgan fingerprint density at radius 2 is 1.12 bits per heavy atom. The summed E-state index contributed by atoms with van der Waals surface area (Å²) in [5.74, 6) is 0.877. The third-order valence-electron chi connectivity index (χ3n) is 11.0. The van der Waals surface area contributed by atoms with Crippen molar-refractivity contribution in [3.63, 3.8) is 0 Å². The molecule has 4 heterocycles. The van der Waals surface area contributed by atoms with E-state index in [0.717, 1.165) is 61.8 Å². The number of pyridine rings is 2. The second-order valence-corrected chi connectivity index (χ2v) is 14.4. The molecule has 0 aliphatic heterocycles. The molecule has 0 amide bonds. The molecule has 4 aromatic heterocycles. The van der Waals surface area contributed by atoms with Gasteiger partial charge in [-0.05, 0) is 109 Å². The van der Waals surface area contributed by atoms with Crippen molar-refractivity contribution in [3.05, 3.63) is 200 Å². The summed E-state index contributed by atoms with van der Waals surface area (Å²) < 4.78 is 4.72. The summed E-state index contributed by atoms with van der Waals surface area (Å²) in [4.78, 5) is 12.2. The zero-order chi connectivity index (χ0) is 37.2. The number of nitrogens with zero attached hydrogens (tertiary/aromatic N) is 5. The highest BCUT2D eigenvalue weighted by molar-refractivity contribution is 6.29. The Hall–Kier alpha value is -7.50. The highest BCUT2D eigenvalue weighted by atomic mass is 15.1. The minimum Gasteiger partial charge on any atom is -0.310 e. The van der Waals surface area contributed by atoms with E-state index < -0.39 is 0 Å². The van der Waals surface area contributed by atoms with Crippen LogP contribution in [0.4, 0.5) is 17.1 Å². The molecule has 0 aliphatic carbocycles. The highest BCUT2D eigenvalue weighted by Gasteiger charge is 2.23. The summed E-state index contributed by atoms with van der Waals surface area (Å²) >= 11 is 0. The molecule has 5 heteroatoms. The van der Waals surface area contributed by atoms with E-state index in [0.29, 0.717) is 0 Å². The van der Waals surface area contributed by atoms with E-state index in [1.165, 1.54) is 38.0 Å². The van der Waals surface area contributed by atoms with Crippen LogP contribution in [0, 0.1) is 6.92 Å². The Morgan fingerprint density at radius 3 is 1.93 bits per heavy atom. The molecule has 0 bridgehead atoms. The quantitative estimate of drug-likeness (QED) is 0.172. The molecular weight excluding hydrogens is 683 g/mol. The fraction of sp³-hybridized carbons (Fsp3) is 0.0196. The molecular formula is C51H35N5. The van der Waals surface area contributed by atoms with Gasteiger partial charge in [0, 0.05) is 67.6 Å². The zero-order valence-corrected chi connectivity index (χ0v) is 30.7. The predicted molar refractivity (Wildman–Crippen MR) is 233 cm³/mol. The van der Waals surface area contributed by atoms with Gasteiger partial charge in [0.05, 0.1) is 27.8 Å². The van der Waals surface area contributed by atoms with Crippen molar-refractivity contribution < 1.29 is 0 Å². The molecule has 7 aromatic carbocycles. The van der Waals surface area contributed by atoms with Gasteiger partial charge in [0.2, 0.25) is 0 Å². The molecule has 0 aliphatic rings. The lowest BCUT2D eigenvalue weighted by molar-refractivity contribution is 1.08. The Bertz CT molecular complexity index is 3250. The van der Waals surface area contributed by atoms with Crippen molar-refractivity contribution in [3.8, 4) is 22.8 Å². The maximum Gasteiger partial charge on any atom is 0.137 e. The molecule has 0 radical (unpaired) electrons. The van der Waals surface area contributed by atoms with Crippen LogP contribution in [0.2, 0.25) is 0 Å². The standard InChI is InChI=1S/C51H35N5/c1-34-30-36(51-41-19-9-8-14-35(41)27-29-53-51)32-40(31-34)54(37-15-4-2-5-16-37)39-23-24-43-47(33-39)56(48-22-12-13-28-52-48)46-26-25-45-49(50(43)46)42-20-10-11-21-44(42)55(45)38-17-6-3-7-18-38/h2-33H,1H3. The van der Waals surface area contributed by atoms with E-state index in [-0.39, 0.29) is 0 Å². The second kappa shape index (κ2) is 12.8. The maximum atomic E-state index is 4.93. The van der Waals surface area contributed by atoms with Gasteiger partial charge in [0.15, 0.2) is 0 Å². The van der Waals surface area contributed by atoms with Crippen molar-refractivity contribution >= 4 is 71.4 Å². The first kappa shape index (κ1) is 32.0. The lowest BCUT2D eigenvalue weighted by Crippen LogP contribution is -2.10. The van der Waals surface area contributed by atoms with Crippen LogP contribution < -0.4 is 4.90 Å². The smallest absolute Gasteiger partial charge is 0.137 e. The van der Waals surface area contributed by atoms with Gasteiger partial charge in [0.25, 0.3) is 0 Å². The van der Waals surface area contributed by atoms with Gasteiger partial charge >= 0.3 is 0 Å². The molecule has 0 N–H and O–H groups in total. The van der Waals surface area contributed by atoms with Crippen LogP contribution in [0.1, 0.15) is 5.56 Å². The van der Waals surface area contributed by atoms with Crippen LogP contribution in [0.25, 0.3) is 77.1 Å². The largest absolute Gasteiger partial charge is 0.310 e. The molecule has 0 unspecified atom stereocenters. The van der Waals surface area contributed by atoms with Crippen LogP contribution in [0.3, 0.4) is 0 Å². The number of hydrogen-bond acceptors (Lipinski definition) is 3. The number of rotatable bonds is 6. The number of anilines is 3. The molecule has 56 heavy (non-hydrogen) atoms. The molecule has 0 atom stereocenters. The van der Waals surface area contributed by atoms with Gasteiger partial charge in [-0.2, -0.15) is 0 Å². The highest BCUT2D eigenvalue weighted by Crippen LogP contribution is 2.45.